The molecule has 1 aromatic carbocycles. The van der Waals surface area contributed by atoms with Crippen molar-refractivity contribution in [3.8, 4) is 0 Å². The molecule has 2 rings (SSSR count). The summed E-state index contributed by atoms with van der Waals surface area (Å²) in [5, 5.41) is 4.68. The van der Waals surface area contributed by atoms with E-state index in [1.54, 1.807) is 0 Å². The zero-order valence-electron chi connectivity index (χ0n) is 10.5. The third-order valence-corrected chi connectivity index (χ3v) is 3.41. The minimum absolute atomic E-state index is 0.207. The quantitative estimate of drug-likeness (QED) is 0.801. The number of hydrogen-bond donors (Lipinski definition) is 1. The summed E-state index contributed by atoms with van der Waals surface area (Å²) >= 11 is 11.3. The molecule has 0 aromatic heterocycles. The number of thiocarbonyl (C=S) groups is 1. The van der Waals surface area contributed by atoms with Crippen molar-refractivity contribution in [2.75, 3.05) is 18.4 Å². The third kappa shape index (κ3) is 3.57. The Balaban J connectivity index is 1.97. The molecule has 1 heterocycles. The first-order chi connectivity index (χ1) is 8.54. The van der Waals surface area contributed by atoms with Crippen LogP contribution in [0.5, 0.6) is 0 Å². The van der Waals surface area contributed by atoms with Gasteiger partial charge < -0.3 is 15.0 Å². The van der Waals surface area contributed by atoms with Crippen LogP contribution in [0, 0.1) is 0 Å². The van der Waals surface area contributed by atoms with E-state index in [0.29, 0.717) is 0 Å². The van der Waals surface area contributed by atoms with Crippen molar-refractivity contribution in [1.29, 1.82) is 0 Å². The molecule has 0 saturated carbocycles. The van der Waals surface area contributed by atoms with E-state index in [1.165, 1.54) is 0 Å². The Morgan fingerprint density at radius 3 is 2.39 bits per heavy atom. The van der Waals surface area contributed by atoms with Crippen LogP contribution >= 0.6 is 23.8 Å². The lowest BCUT2D eigenvalue weighted by molar-refractivity contribution is -0.0473. The van der Waals surface area contributed by atoms with Gasteiger partial charge in [-0.3, -0.25) is 0 Å². The monoisotopic (exact) mass is 284 g/mol. The molecule has 0 aliphatic carbocycles. The highest BCUT2D eigenvalue weighted by Gasteiger charge is 2.23. The number of nitrogens with zero attached hydrogens (tertiary/aromatic N) is 1. The molecule has 1 aromatic rings. The van der Waals surface area contributed by atoms with Crippen molar-refractivity contribution < 1.29 is 4.74 Å². The number of nitrogens with one attached hydrogen (secondary N) is 1. The molecular weight excluding hydrogens is 268 g/mol. The summed E-state index contributed by atoms with van der Waals surface area (Å²) in [6, 6.07) is 7.53. The number of morpholine rings is 1. The average molecular weight is 285 g/mol. The minimum atomic E-state index is 0.207. The van der Waals surface area contributed by atoms with Gasteiger partial charge in [0.25, 0.3) is 0 Å². The Morgan fingerprint density at radius 2 is 1.83 bits per heavy atom. The molecule has 1 saturated heterocycles. The normalized spacial score (nSPS) is 23.8. The molecule has 18 heavy (non-hydrogen) atoms. The molecule has 5 heteroatoms. The molecule has 0 bridgehead atoms. The predicted octanol–water partition coefficient (Wildman–Crippen LogP) is 3.15. The van der Waals surface area contributed by atoms with E-state index in [1.807, 2.05) is 24.3 Å². The number of benzene rings is 1. The molecule has 2 atom stereocenters. The van der Waals surface area contributed by atoms with Gasteiger partial charge in [0, 0.05) is 23.8 Å². The van der Waals surface area contributed by atoms with E-state index in [0.717, 1.165) is 28.9 Å². The van der Waals surface area contributed by atoms with Crippen LogP contribution in [-0.4, -0.2) is 35.3 Å². The zero-order valence-corrected chi connectivity index (χ0v) is 12.1. The summed E-state index contributed by atoms with van der Waals surface area (Å²) < 4.78 is 5.69. The van der Waals surface area contributed by atoms with Gasteiger partial charge in [0.2, 0.25) is 0 Å². The molecular formula is C13H17ClN2OS. The van der Waals surface area contributed by atoms with Gasteiger partial charge in [0.15, 0.2) is 5.11 Å². The van der Waals surface area contributed by atoms with E-state index in [-0.39, 0.29) is 12.2 Å². The summed E-state index contributed by atoms with van der Waals surface area (Å²) in [5.74, 6) is 0. The molecule has 1 fully saturated rings. The summed E-state index contributed by atoms with van der Waals surface area (Å²) in [7, 11) is 0. The Kier molecular flexibility index (Phi) is 4.43. The lowest BCUT2D eigenvalue weighted by Crippen LogP contribution is -2.49. The van der Waals surface area contributed by atoms with Gasteiger partial charge in [-0.05, 0) is 50.3 Å². The van der Waals surface area contributed by atoms with Crippen molar-refractivity contribution in [1.82, 2.24) is 4.90 Å². The van der Waals surface area contributed by atoms with Gasteiger partial charge >= 0.3 is 0 Å². The van der Waals surface area contributed by atoms with Crippen molar-refractivity contribution >= 4 is 34.6 Å². The molecule has 1 N–H and O–H groups in total. The second-order valence-corrected chi connectivity index (χ2v) is 5.42. The van der Waals surface area contributed by atoms with E-state index >= 15 is 0 Å². The largest absolute Gasteiger partial charge is 0.372 e. The standard InChI is InChI=1S/C13H17ClN2OS/c1-9-7-16(8-10(2)17-9)13(18)15-12-5-3-11(14)4-6-12/h3-6,9-10H,7-8H2,1-2H3,(H,15,18)/t9-,10+. The van der Waals surface area contributed by atoms with Crippen LogP contribution in [-0.2, 0) is 4.74 Å². The topological polar surface area (TPSA) is 24.5 Å². The SMILES string of the molecule is C[C@@H]1CN(C(=S)Nc2ccc(Cl)cc2)C[C@H](C)O1. The van der Waals surface area contributed by atoms with Crippen LogP contribution in [0.2, 0.25) is 5.02 Å². The maximum Gasteiger partial charge on any atom is 0.173 e. The van der Waals surface area contributed by atoms with Crippen LogP contribution in [0.3, 0.4) is 0 Å². The van der Waals surface area contributed by atoms with Gasteiger partial charge in [-0.15, -0.1) is 0 Å². The van der Waals surface area contributed by atoms with Gasteiger partial charge in [0.05, 0.1) is 12.2 Å². The molecule has 0 spiro atoms. The van der Waals surface area contributed by atoms with E-state index < -0.39 is 0 Å². The second-order valence-electron chi connectivity index (χ2n) is 4.60. The first-order valence-corrected chi connectivity index (χ1v) is 6.80. The fraction of sp³-hybridized carbons (Fsp3) is 0.462. The predicted molar refractivity (Wildman–Crippen MR) is 79.3 cm³/mol. The summed E-state index contributed by atoms with van der Waals surface area (Å²) in [6.45, 7) is 5.77. The maximum atomic E-state index is 5.85. The van der Waals surface area contributed by atoms with E-state index in [2.05, 4.69) is 24.1 Å². The Morgan fingerprint density at radius 1 is 1.28 bits per heavy atom. The highest BCUT2D eigenvalue weighted by Crippen LogP contribution is 2.16. The summed E-state index contributed by atoms with van der Waals surface area (Å²) in [4.78, 5) is 2.14. The number of ether oxygens (including phenoxy) is 1. The van der Waals surface area contributed by atoms with Crippen LogP contribution in [0.25, 0.3) is 0 Å². The van der Waals surface area contributed by atoms with Gasteiger partial charge in [-0.25, -0.2) is 0 Å². The Hall–Kier alpha value is -0.840. The lowest BCUT2D eigenvalue weighted by Gasteiger charge is -2.36. The van der Waals surface area contributed by atoms with Crippen molar-refractivity contribution in [2.24, 2.45) is 0 Å². The zero-order chi connectivity index (χ0) is 13.1. The number of anilines is 1. The van der Waals surface area contributed by atoms with Gasteiger partial charge in [-0.2, -0.15) is 0 Å². The maximum absolute atomic E-state index is 5.85. The average Bonchev–Trinajstić information content (AvgIpc) is 2.31. The van der Waals surface area contributed by atoms with Gasteiger partial charge in [-0.1, -0.05) is 11.6 Å². The van der Waals surface area contributed by atoms with Crippen molar-refractivity contribution in [2.45, 2.75) is 26.1 Å². The van der Waals surface area contributed by atoms with Crippen LogP contribution < -0.4 is 5.32 Å². The Labute approximate surface area is 118 Å². The Bertz CT molecular complexity index is 414. The molecule has 1 aliphatic rings. The van der Waals surface area contributed by atoms with Crippen molar-refractivity contribution in [3.05, 3.63) is 29.3 Å². The highest BCUT2D eigenvalue weighted by atomic mass is 35.5. The smallest absolute Gasteiger partial charge is 0.173 e. The molecule has 0 unspecified atom stereocenters. The van der Waals surface area contributed by atoms with Crippen LogP contribution in [0.1, 0.15) is 13.8 Å². The third-order valence-electron chi connectivity index (χ3n) is 2.80. The minimum Gasteiger partial charge on any atom is -0.372 e. The second kappa shape index (κ2) is 5.87. The van der Waals surface area contributed by atoms with Crippen molar-refractivity contribution in [3.63, 3.8) is 0 Å². The fourth-order valence-electron chi connectivity index (χ4n) is 2.08. The summed E-state index contributed by atoms with van der Waals surface area (Å²) in [6.07, 6.45) is 0.414. The van der Waals surface area contributed by atoms with Crippen LogP contribution in [0.4, 0.5) is 5.69 Å². The molecule has 3 nitrogen and oxygen atoms in total. The van der Waals surface area contributed by atoms with E-state index in [4.69, 9.17) is 28.6 Å². The lowest BCUT2D eigenvalue weighted by atomic mass is 10.2. The highest BCUT2D eigenvalue weighted by molar-refractivity contribution is 7.80. The first kappa shape index (κ1) is 13.6. The molecule has 98 valence electrons. The first-order valence-electron chi connectivity index (χ1n) is 6.01. The molecule has 0 amide bonds. The number of rotatable bonds is 1. The fourth-order valence-corrected chi connectivity index (χ4v) is 2.47. The number of hydrogen-bond acceptors (Lipinski definition) is 2. The molecule has 0 radical (unpaired) electrons. The van der Waals surface area contributed by atoms with E-state index in [9.17, 15) is 0 Å². The van der Waals surface area contributed by atoms with Crippen LogP contribution in [0.15, 0.2) is 24.3 Å². The number of halogens is 1. The summed E-state index contributed by atoms with van der Waals surface area (Å²) in [5.41, 5.74) is 0.955. The molecule has 1 aliphatic heterocycles. The van der Waals surface area contributed by atoms with Gasteiger partial charge in [0.1, 0.15) is 0 Å².